The van der Waals surface area contributed by atoms with Gasteiger partial charge in [0.1, 0.15) is 0 Å². The van der Waals surface area contributed by atoms with Crippen molar-refractivity contribution >= 4 is 17.5 Å². The first-order valence-corrected chi connectivity index (χ1v) is 7.92. The fraction of sp³-hybridized carbons (Fsp3) is 0.529. The summed E-state index contributed by atoms with van der Waals surface area (Å²) in [7, 11) is 2.94. The van der Waals surface area contributed by atoms with Gasteiger partial charge in [-0.3, -0.25) is 9.59 Å². The van der Waals surface area contributed by atoms with Gasteiger partial charge in [-0.1, -0.05) is 13.8 Å². The van der Waals surface area contributed by atoms with Crippen LogP contribution < -0.4 is 25.8 Å². The molecule has 1 aromatic carbocycles. The van der Waals surface area contributed by atoms with Crippen molar-refractivity contribution in [1.29, 1.82) is 0 Å². The minimum atomic E-state index is -0.460. The number of hydrogen-bond acceptors (Lipinski definition) is 5. The van der Waals surface area contributed by atoms with E-state index in [1.54, 1.807) is 12.1 Å². The third-order valence-corrected chi connectivity index (χ3v) is 4.17. The summed E-state index contributed by atoms with van der Waals surface area (Å²) in [5.74, 6) is 0.170. The zero-order valence-corrected chi connectivity index (χ0v) is 15.0. The molecular formula is C17H27N3O4. The van der Waals surface area contributed by atoms with E-state index >= 15 is 0 Å². The molecule has 0 aliphatic heterocycles. The first kappa shape index (κ1) is 19.8. The summed E-state index contributed by atoms with van der Waals surface area (Å²) in [6.45, 7) is 5.69. The molecule has 0 spiro atoms. The lowest BCUT2D eigenvalue weighted by molar-refractivity contribution is -0.114. The Morgan fingerprint density at radius 2 is 1.79 bits per heavy atom. The Labute approximate surface area is 142 Å². The van der Waals surface area contributed by atoms with Gasteiger partial charge in [0.25, 0.3) is 5.91 Å². The molecule has 7 nitrogen and oxygen atoms in total. The zero-order chi connectivity index (χ0) is 18.3. The van der Waals surface area contributed by atoms with Crippen molar-refractivity contribution in [2.45, 2.75) is 39.2 Å². The van der Waals surface area contributed by atoms with E-state index in [2.05, 4.69) is 10.6 Å². The Morgan fingerprint density at radius 1 is 1.17 bits per heavy atom. The molecule has 0 aliphatic carbocycles. The third-order valence-electron chi connectivity index (χ3n) is 4.17. The first-order chi connectivity index (χ1) is 11.4. The van der Waals surface area contributed by atoms with Gasteiger partial charge in [-0.25, -0.2) is 0 Å². The van der Waals surface area contributed by atoms with Crippen LogP contribution in [0.5, 0.6) is 11.5 Å². The summed E-state index contributed by atoms with van der Waals surface area (Å²) in [6.07, 6.45) is 1.44. The van der Waals surface area contributed by atoms with Crippen LogP contribution in [-0.4, -0.2) is 38.1 Å². The second kappa shape index (κ2) is 8.54. The minimum absolute atomic E-state index is 0.272. The largest absolute Gasteiger partial charge is 0.493 e. The smallest absolute Gasteiger partial charge is 0.251 e. The van der Waals surface area contributed by atoms with Crippen molar-refractivity contribution in [3.05, 3.63) is 17.7 Å². The van der Waals surface area contributed by atoms with Crippen molar-refractivity contribution in [3.63, 3.8) is 0 Å². The van der Waals surface area contributed by atoms with Gasteiger partial charge in [-0.2, -0.15) is 0 Å². The number of carbonyl (C=O) groups excluding carboxylic acids is 2. The average Bonchev–Trinajstić information content (AvgIpc) is 2.58. The van der Waals surface area contributed by atoms with Crippen LogP contribution in [0.3, 0.4) is 0 Å². The normalized spacial score (nSPS) is 10.9. The molecule has 24 heavy (non-hydrogen) atoms. The number of nitrogens with two attached hydrogens (primary N) is 1. The van der Waals surface area contributed by atoms with E-state index in [0.29, 0.717) is 29.3 Å². The van der Waals surface area contributed by atoms with Crippen molar-refractivity contribution < 1.29 is 19.1 Å². The van der Waals surface area contributed by atoms with E-state index in [-0.39, 0.29) is 11.8 Å². The second-order valence-corrected chi connectivity index (χ2v) is 5.59. The molecule has 0 aromatic heterocycles. The fourth-order valence-electron chi connectivity index (χ4n) is 2.46. The van der Waals surface area contributed by atoms with Gasteiger partial charge in [0.05, 0.1) is 25.4 Å². The lowest BCUT2D eigenvalue weighted by Gasteiger charge is -2.31. The Morgan fingerprint density at radius 3 is 2.21 bits per heavy atom. The molecule has 0 saturated heterocycles. The van der Waals surface area contributed by atoms with Crippen LogP contribution in [0.2, 0.25) is 0 Å². The van der Waals surface area contributed by atoms with Crippen LogP contribution in [0.4, 0.5) is 5.69 Å². The quantitative estimate of drug-likeness (QED) is 0.672. The first-order valence-electron chi connectivity index (χ1n) is 7.92. The highest BCUT2D eigenvalue weighted by Crippen LogP contribution is 2.36. The van der Waals surface area contributed by atoms with Crippen LogP contribution >= 0.6 is 0 Å². The molecule has 4 N–H and O–H groups in total. The summed E-state index contributed by atoms with van der Waals surface area (Å²) in [5, 5.41) is 5.64. The van der Waals surface area contributed by atoms with Gasteiger partial charge >= 0.3 is 0 Å². The molecule has 0 atom stereocenters. The maximum Gasteiger partial charge on any atom is 0.251 e. The van der Waals surface area contributed by atoms with Crippen LogP contribution in [0.25, 0.3) is 0 Å². The SMILES string of the molecule is CCC(CC)(CN)NC(=O)c1cc(NC(C)=O)c(OC)c(OC)c1. The van der Waals surface area contributed by atoms with Crippen LogP contribution in [0, 0.1) is 0 Å². The summed E-state index contributed by atoms with van der Waals surface area (Å²) < 4.78 is 10.6. The highest BCUT2D eigenvalue weighted by molar-refractivity contribution is 5.99. The predicted molar refractivity (Wildman–Crippen MR) is 93.7 cm³/mol. The van der Waals surface area contributed by atoms with E-state index in [0.717, 1.165) is 12.8 Å². The van der Waals surface area contributed by atoms with E-state index in [1.165, 1.54) is 21.1 Å². The molecule has 0 unspecified atom stereocenters. The number of rotatable bonds is 8. The van der Waals surface area contributed by atoms with Gasteiger partial charge in [0.2, 0.25) is 5.91 Å². The van der Waals surface area contributed by atoms with Crippen LogP contribution in [0.1, 0.15) is 44.0 Å². The number of anilines is 1. The number of ether oxygens (including phenoxy) is 2. The number of carbonyl (C=O) groups is 2. The lowest BCUT2D eigenvalue weighted by atomic mass is 9.92. The Balaban J connectivity index is 3.28. The van der Waals surface area contributed by atoms with E-state index in [4.69, 9.17) is 15.2 Å². The number of benzene rings is 1. The molecule has 0 saturated carbocycles. The molecule has 0 aliphatic rings. The fourth-order valence-corrected chi connectivity index (χ4v) is 2.46. The molecule has 1 rings (SSSR count). The maximum atomic E-state index is 12.7. The highest BCUT2D eigenvalue weighted by atomic mass is 16.5. The highest BCUT2D eigenvalue weighted by Gasteiger charge is 2.27. The van der Waals surface area contributed by atoms with Gasteiger partial charge in [-0.15, -0.1) is 0 Å². The number of methoxy groups -OCH3 is 2. The van der Waals surface area contributed by atoms with E-state index in [1.807, 2.05) is 13.8 Å². The van der Waals surface area contributed by atoms with Gasteiger partial charge < -0.3 is 25.8 Å². The number of nitrogens with one attached hydrogen (secondary N) is 2. The summed E-state index contributed by atoms with van der Waals surface area (Å²) in [4.78, 5) is 24.1. The number of hydrogen-bond donors (Lipinski definition) is 3. The van der Waals surface area contributed by atoms with E-state index < -0.39 is 5.54 Å². The van der Waals surface area contributed by atoms with E-state index in [9.17, 15) is 9.59 Å². The van der Waals surface area contributed by atoms with Crippen molar-refractivity contribution in [1.82, 2.24) is 5.32 Å². The topological polar surface area (TPSA) is 103 Å². The lowest BCUT2D eigenvalue weighted by Crippen LogP contribution is -2.52. The van der Waals surface area contributed by atoms with Crippen molar-refractivity contribution in [3.8, 4) is 11.5 Å². The monoisotopic (exact) mass is 337 g/mol. The summed E-state index contributed by atoms with van der Waals surface area (Å²) in [6, 6.07) is 3.14. The molecular weight excluding hydrogens is 310 g/mol. The minimum Gasteiger partial charge on any atom is -0.493 e. The molecule has 0 fully saturated rings. The zero-order valence-electron chi connectivity index (χ0n) is 15.0. The summed E-state index contributed by atoms with van der Waals surface area (Å²) in [5.41, 5.74) is 6.11. The van der Waals surface area contributed by atoms with Crippen LogP contribution in [-0.2, 0) is 4.79 Å². The Hall–Kier alpha value is -2.28. The second-order valence-electron chi connectivity index (χ2n) is 5.59. The molecule has 0 radical (unpaired) electrons. The van der Waals surface area contributed by atoms with Crippen molar-refractivity contribution in [2.24, 2.45) is 5.73 Å². The molecule has 2 amide bonds. The molecule has 0 bridgehead atoms. The predicted octanol–water partition coefficient (Wildman–Crippen LogP) is 1.91. The molecule has 134 valence electrons. The average molecular weight is 337 g/mol. The summed E-state index contributed by atoms with van der Waals surface area (Å²) >= 11 is 0. The van der Waals surface area contributed by atoms with Gasteiger partial charge in [-0.05, 0) is 25.0 Å². The number of amides is 2. The molecule has 1 aromatic rings. The molecule has 7 heteroatoms. The van der Waals surface area contributed by atoms with Gasteiger partial charge in [0.15, 0.2) is 11.5 Å². The van der Waals surface area contributed by atoms with Crippen LogP contribution in [0.15, 0.2) is 12.1 Å². The standard InChI is InChI=1S/C17H27N3O4/c1-6-17(7-2,10-18)20-16(22)12-8-13(19-11(3)21)15(24-5)14(9-12)23-4/h8-9H,6-7,10,18H2,1-5H3,(H,19,21)(H,20,22). The maximum absolute atomic E-state index is 12.7. The molecule has 0 heterocycles. The third kappa shape index (κ3) is 4.38. The van der Waals surface area contributed by atoms with Crippen molar-refractivity contribution in [2.75, 3.05) is 26.1 Å². The Kier molecular flexibility index (Phi) is 7.03. The van der Waals surface area contributed by atoms with Gasteiger partial charge in [0, 0.05) is 19.0 Å². The Bertz CT molecular complexity index is 589.